The molecule has 2 fully saturated rings. The molecule has 1 saturated carbocycles. The average molecular weight is 623 g/mol. The number of carboxylic acid groups (broad SMARTS) is 1. The van der Waals surface area contributed by atoms with Crippen LogP contribution in [0.5, 0.6) is 0 Å². The SMILES string of the molecule is CCS(=O)(=O)N1CCC(c2c[nH]c3c(C(N)=O)cc(-c4cccc(C(C)NC5CCC5)c4)cc23)CC1.O=C(O)C(F)(F)F. The maximum atomic E-state index is 12.4. The van der Waals surface area contributed by atoms with Crippen molar-refractivity contribution < 1.29 is 36.3 Å². The fourth-order valence-corrected chi connectivity index (χ4v) is 6.72. The first-order valence-corrected chi connectivity index (χ1v) is 15.9. The number of sulfonamides is 1. The number of primary amides is 1. The minimum Gasteiger partial charge on any atom is -0.475 e. The number of piperidine rings is 1. The lowest BCUT2D eigenvalue weighted by Gasteiger charge is -2.31. The number of nitrogens with two attached hydrogens (primary N) is 1. The van der Waals surface area contributed by atoms with E-state index in [1.54, 1.807) is 11.2 Å². The fourth-order valence-electron chi connectivity index (χ4n) is 5.59. The molecule has 1 aromatic heterocycles. The van der Waals surface area contributed by atoms with Gasteiger partial charge in [-0.25, -0.2) is 17.5 Å². The number of carbonyl (C=O) groups excluding carboxylic acids is 1. The van der Waals surface area contributed by atoms with Crippen molar-refractivity contribution in [1.82, 2.24) is 14.6 Å². The molecule has 5 N–H and O–H groups in total. The van der Waals surface area contributed by atoms with Gasteiger partial charge in [-0.3, -0.25) is 4.79 Å². The number of aromatic amines is 1. The number of aliphatic carboxylic acids is 1. The standard InChI is InChI=1S/C28H36N4O3S.C2HF3O2/c1-3-36(34,35)32-12-10-19(11-13-32)26-17-30-27-24(26)15-22(16-25(27)28(29)33)21-7-4-6-20(14-21)18(2)31-23-8-5-9-23;3-2(4,5)1(6)7/h4,6-7,14-19,23,30-31H,3,5,8-13H2,1-2H3,(H2,29,33);(H,6,7). The summed E-state index contributed by atoms with van der Waals surface area (Å²) < 4.78 is 57.9. The second-order valence-corrected chi connectivity index (χ2v) is 13.3. The van der Waals surface area contributed by atoms with Crippen molar-refractivity contribution in [2.24, 2.45) is 5.73 Å². The van der Waals surface area contributed by atoms with Gasteiger partial charge in [0, 0.05) is 36.8 Å². The molecular weight excluding hydrogens is 585 g/mol. The molecule has 1 aliphatic carbocycles. The van der Waals surface area contributed by atoms with Crippen LogP contribution in [0.1, 0.15) is 79.4 Å². The van der Waals surface area contributed by atoms with Crippen molar-refractivity contribution in [2.75, 3.05) is 18.8 Å². The summed E-state index contributed by atoms with van der Waals surface area (Å²) in [4.78, 5) is 24.6. The van der Waals surface area contributed by atoms with Gasteiger partial charge in [0.15, 0.2) is 0 Å². The van der Waals surface area contributed by atoms with Gasteiger partial charge >= 0.3 is 12.1 Å². The Bertz CT molecular complexity index is 1580. The minimum atomic E-state index is -5.08. The molecule has 1 saturated heterocycles. The average Bonchev–Trinajstić information content (AvgIpc) is 3.38. The van der Waals surface area contributed by atoms with Crippen molar-refractivity contribution in [2.45, 2.75) is 70.1 Å². The maximum absolute atomic E-state index is 12.4. The number of alkyl halides is 3. The van der Waals surface area contributed by atoms with E-state index in [2.05, 4.69) is 47.6 Å². The van der Waals surface area contributed by atoms with Crippen LogP contribution in [0.15, 0.2) is 42.6 Å². The first kappa shape index (κ1) is 32.5. The first-order chi connectivity index (χ1) is 20.2. The number of H-pyrrole nitrogens is 1. The number of amides is 1. The van der Waals surface area contributed by atoms with Gasteiger partial charge in [-0.1, -0.05) is 24.6 Å². The Hall–Kier alpha value is -3.42. The summed E-state index contributed by atoms with van der Waals surface area (Å²) in [6, 6.07) is 13.4. The van der Waals surface area contributed by atoms with E-state index >= 15 is 0 Å². The van der Waals surface area contributed by atoms with Crippen molar-refractivity contribution >= 4 is 32.8 Å². The van der Waals surface area contributed by atoms with Crippen LogP contribution < -0.4 is 11.1 Å². The van der Waals surface area contributed by atoms with Crippen LogP contribution in [0.3, 0.4) is 0 Å². The van der Waals surface area contributed by atoms with E-state index in [-0.39, 0.29) is 17.7 Å². The Morgan fingerprint density at radius 1 is 1.12 bits per heavy atom. The zero-order chi connectivity index (χ0) is 31.5. The molecule has 0 spiro atoms. The molecule has 2 aliphatic rings. The van der Waals surface area contributed by atoms with Crippen molar-refractivity contribution in [3.05, 3.63) is 59.3 Å². The molecule has 13 heteroatoms. The Balaban J connectivity index is 0.000000541. The van der Waals surface area contributed by atoms with Crippen molar-refractivity contribution in [3.8, 4) is 11.1 Å². The predicted octanol–water partition coefficient (Wildman–Crippen LogP) is 5.30. The summed E-state index contributed by atoms with van der Waals surface area (Å²) in [6.45, 7) is 4.92. The number of halogens is 3. The quantitative estimate of drug-likeness (QED) is 0.268. The monoisotopic (exact) mass is 622 g/mol. The fraction of sp³-hybridized carbons (Fsp3) is 0.467. The van der Waals surface area contributed by atoms with E-state index in [1.165, 1.54) is 24.8 Å². The molecule has 2 heterocycles. The number of hydrogen-bond acceptors (Lipinski definition) is 5. The largest absolute Gasteiger partial charge is 0.490 e. The Labute approximate surface area is 248 Å². The third-order valence-corrected chi connectivity index (χ3v) is 10.2. The molecule has 1 unspecified atom stereocenters. The summed E-state index contributed by atoms with van der Waals surface area (Å²) >= 11 is 0. The molecule has 0 bridgehead atoms. The van der Waals surface area contributed by atoms with Crippen LogP contribution in [0.4, 0.5) is 13.2 Å². The van der Waals surface area contributed by atoms with Crippen molar-refractivity contribution in [3.63, 3.8) is 0 Å². The maximum Gasteiger partial charge on any atom is 0.490 e. The van der Waals surface area contributed by atoms with Gasteiger partial charge in [-0.2, -0.15) is 13.2 Å². The summed E-state index contributed by atoms with van der Waals surface area (Å²) in [5, 5.41) is 11.8. The van der Waals surface area contributed by atoms with Crippen LogP contribution in [0.25, 0.3) is 22.0 Å². The Kier molecular flexibility index (Phi) is 9.87. The number of hydrogen-bond donors (Lipinski definition) is 4. The predicted molar refractivity (Wildman–Crippen MR) is 158 cm³/mol. The smallest absolute Gasteiger partial charge is 0.475 e. The Morgan fingerprint density at radius 2 is 1.77 bits per heavy atom. The van der Waals surface area contributed by atoms with Crippen LogP contribution in [-0.2, 0) is 14.8 Å². The molecule has 1 aliphatic heterocycles. The number of aromatic nitrogens is 1. The van der Waals surface area contributed by atoms with E-state index in [1.807, 2.05) is 12.3 Å². The first-order valence-electron chi connectivity index (χ1n) is 14.3. The van der Waals surface area contributed by atoms with Gasteiger partial charge in [0.1, 0.15) is 0 Å². The third-order valence-electron chi connectivity index (χ3n) is 8.29. The summed E-state index contributed by atoms with van der Waals surface area (Å²) in [6.07, 6.45) is 2.16. The highest BCUT2D eigenvalue weighted by molar-refractivity contribution is 7.89. The van der Waals surface area contributed by atoms with E-state index < -0.39 is 28.1 Å². The summed E-state index contributed by atoms with van der Waals surface area (Å²) in [5.74, 6) is -2.87. The summed E-state index contributed by atoms with van der Waals surface area (Å²) in [7, 11) is -3.17. The molecule has 5 rings (SSSR count). The molecule has 43 heavy (non-hydrogen) atoms. The lowest BCUT2D eigenvalue weighted by molar-refractivity contribution is -0.192. The number of fused-ring (bicyclic) bond motifs is 1. The molecule has 234 valence electrons. The minimum absolute atomic E-state index is 0.129. The number of nitrogens with one attached hydrogen (secondary N) is 2. The number of rotatable bonds is 8. The number of carbonyl (C=O) groups is 2. The molecule has 9 nitrogen and oxygen atoms in total. The van der Waals surface area contributed by atoms with Crippen LogP contribution in [0.2, 0.25) is 0 Å². The highest BCUT2D eigenvalue weighted by atomic mass is 32.2. The Morgan fingerprint density at radius 3 is 2.30 bits per heavy atom. The normalized spacial score (nSPS) is 17.6. The van der Waals surface area contributed by atoms with Crippen LogP contribution in [-0.4, -0.2) is 65.8 Å². The number of benzene rings is 2. The van der Waals surface area contributed by atoms with Gasteiger partial charge in [0.05, 0.1) is 16.8 Å². The van der Waals surface area contributed by atoms with E-state index in [4.69, 9.17) is 15.6 Å². The highest BCUT2D eigenvalue weighted by Crippen LogP contribution is 2.37. The van der Waals surface area contributed by atoms with Crippen molar-refractivity contribution in [1.29, 1.82) is 0 Å². The molecule has 2 aromatic carbocycles. The van der Waals surface area contributed by atoms with E-state index in [9.17, 15) is 26.4 Å². The van der Waals surface area contributed by atoms with Gasteiger partial charge in [-0.15, -0.1) is 0 Å². The molecule has 1 atom stereocenters. The van der Waals surface area contributed by atoms with Crippen LogP contribution >= 0.6 is 0 Å². The second-order valence-electron chi connectivity index (χ2n) is 11.1. The van der Waals surface area contributed by atoms with Gasteiger partial charge < -0.3 is 21.1 Å². The molecule has 1 amide bonds. The lowest BCUT2D eigenvalue weighted by atomic mass is 9.88. The highest BCUT2D eigenvalue weighted by Gasteiger charge is 2.38. The number of carboxylic acids is 1. The lowest BCUT2D eigenvalue weighted by Crippen LogP contribution is -2.38. The van der Waals surface area contributed by atoms with E-state index in [0.29, 0.717) is 24.7 Å². The van der Waals surface area contributed by atoms with Gasteiger partial charge in [0.2, 0.25) is 10.0 Å². The zero-order valence-electron chi connectivity index (χ0n) is 24.1. The summed E-state index contributed by atoms with van der Waals surface area (Å²) in [5.41, 5.74) is 11.4. The zero-order valence-corrected chi connectivity index (χ0v) is 24.9. The third kappa shape index (κ3) is 7.57. The van der Waals surface area contributed by atoms with Crippen LogP contribution in [0, 0.1) is 0 Å². The molecule has 0 radical (unpaired) electrons. The molecular formula is C30H37F3N4O5S. The second kappa shape index (κ2) is 13.1. The van der Waals surface area contributed by atoms with E-state index in [0.717, 1.165) is 40.4 Å². The number of nitrogens with zero attached hydrogens (tertiary/aromatic N) is 1. The van der Waals surface area contributed by atoms with Gasteiger partial charge in [0.25, 0.3) is 5.91 Å². The topological polar surface area (TPSA) is 146 Å². The molecule has 3 aromatic rings. The van der Waals surface area contributed by atoms with Gasteiger partial charge in [-0.05, 0) is 85.9 Å².